The molecule has 6 heteroatoms. The third-order valence-electron chi connectivity index (χ3n) is 6.19. The van der Waals surface area contributed by atoms with Crippen LogP contribution < -0.4 is 10.5 Å². The van der Waals surface area contributed by atoms with Crippen LogP contribution in [0, 0.1) is 11.3 Å². The van der Waals surface area contributed by atoms with Crippen molar-refractivity contribution in [3.05, 3.63) is 68.5 Å². The quantitative estimate of drug-likeness (QED) is 0.327. The first-order chi connectivity index (χ1) is 15.2. The summed E-state index contributed by atoms with van der Waals surface area (Å²) in [6, 6.07) is 14.0. The minimum Gasteiger partial charge on any atom is -0.422 e. The van der Waals surface area contributed by atoms with Crippen molar-refractivity contribution in [3.63, 3.8) is 0 Å². The van der Waals surface area contributed by atoms with E-state index in [1.165, 1.54) is 22.6 Å². The fourth-order valence-electron chi connectivity index (χ4n) is 4.85. The first-order valence-electron chi connectivity index (χ1n) is 10.6. The number of benzene rings is 2. The molecule has 152 valence electrons. The van der Waals surface area contributed by atoms with E-state index in [0.717, 1.165) is 59.9 Å². The third kappa shape index (κ3) is 2.96. The van der Waals surface area contributed by atoms with Crippen molar-refractivity contribution in [2.75, 3.05) is 18.0 Å². The SMILES string of the molecule is N#CC(=Cc1cc2cc3c4c(c2oc1=O)CCCN4CCC3)c1nc2ccccc2s1. The summed E-state index contributed by atoms with van der Waals surface area (Å²) in [5.41, 5.74) is 5.68. The number of nitrogens with zero attached hydrogens (tertiary/aromatic N) is 3. The molecule has 0 fully saturated rings. The van der Waals surface area contributed by atoms with Gasteiger partial charge in [0.2, 0.25) is 0 Å². The summed E-state index contributed by atoms with van der Waals surface area (Å²) in [7, 11) is 0. The van der Waals surface area contributed by atoms with Crippen LogP contribution in [-0.2, 0) is 12.8 Å². The Kier molecular flexibility index (Phi) is 4.18. The van der Waals surface area contributed by atoms with E-state index in [2.05, 4.69) is 22.0 Å². The fourth-order valence-corrected chi connectivity index (χ4v) is 5.78. The second-order valence-electron chi connectivity index (χ2n) is 8.12. The molecule has 4 heterocycles. The number of rotatable bonds is 2. The molecular weight excluding hydrogens is 406 g/mol. The zero-order chi connectivity index (χ0) is 20.9. The Hall–Kier alpha value is -3.43. The maximum absolute atomic E-state index is 12.9. The first kappa shape index (κ1) is 18.3. The molecular formula is C25H19N3O2S. The first-order valence-corrected chi connectivity index (χ1v) is 11.4. The van der Waals surface area contributed by atoms with Crippen LogP contribution in [0.2, 0.25) is 0 Å². The highest BCUT2D eigenvalue weighted by molar-refractivity contribution is 7.19. The van der Waals surface area contributed by atoms with Gasteiger partial charge in [0.05, 0.1) is 21.4 Å². The maximum atomic E-state index is 12.9. The van der Waals surface area contributed by atoms with Crippen LogP contribution in [0.25, 0.3) is 32.8 Å². The lowest BCUT2D eigenvalue weighted by atomic mass is 9.90. The summed E-state index contributed by atoms with van der Waals surface area (Å²) in [5.74, 6) is 0. The molecule has 2 aromatic heterocycles. The highest BCUT2D eigenvalue weighted by atomic mass is 32.1. The molecule has 31 heavy (non-hydrogen) atoms. The average Bonchev–Trinajstić information content (AvgIpc) is 3.22. The molecule has 0 spiro atoms. The van der Waals surface area contributed by atoms with Crippen molar-refractivity contribution in [2.45, 2.75) is 25.7 Å². The molecule has 0 saturated heterocycles. The molecule has 2 aliphatic heterocycles. The van der Waals surface area contributed by atoms with Crippen LogP contribution in [0.15, 0.2) is 45.6 Å². The Bertz CT molecular complexity index is 1450. The van der Waals surface area contributed by atoms with Gasteiger partial charge in [0.25, 0.3) is 0 Å². The lowest BCUT2D eigenvalue weighted by Gasteiger charge is -2.37. The summed E-state index contributed by atoms with van der Waals surface area (Å²) in [4.78, 5) is 19.9. The zero-order valence-corrected chi connectivity index (χ0v) is 17.7. The van der Waals surface area contributed by atoms with E-state index in [4.69, 9.17) is 4.42 Å². The van der Waals surface area contributed by atoms with Gasteiger partial charge < -0.3 is 9.32 Å². The third-order valence-corrected chi connectivity index (χ3v) is 7.26. The molecule has 0 amide bonds. The molecule has 0 unspecified atom stereocenters. The van der Waals surface area contributed by atoms with Gasteiger partial charge in [-0.1, -0.05) is 12.1 Å². The predicted molar refractivity (Wildman–Crippen MR) is 124 cm³/mol. The number of aromatic nitrogens is 1. The lowest BCUT2D eigenvalue weighted by molar-refractivity contribution is 0.548. The molecule has 5 nitrogen and oxygen atoms in total. The van der Waals surface area contributed by atoms with Crippen LogP contribution in [0.3, 0.4) is 0 Å². The minimum absolute atomic E-state index is 0.373. The number of para-hydroxylation sites is 1. The van der Waals surface area contributed by atoms with Gasteiger partial charge >= 0.3 is 5.63 Å². The number of nitriles is 1. The summed E-state index contributed by atoms with van der Waals surface area (Å²) < 4.78 is 6.86. The van der Waals surface area contributed by atoms with Crippen molar-refractivity contribution in [1.29, 1.82) is 5.26 Å². The average molecular weight is 426 g/mol. The highest BCUT2D eigenvalue weighted by Crippen LogP contribution is 2.40. The number of hydrogen-bond acceptors (Lipinski definition) is 6. The van der Waals surface area contributed by atoms with E-state index in [9.17, 15) is 10.1 Å². The molecule has 4 aromatic rings. The standard InChI is InChI=1S/C25H19N3O2S/c26-14-18(24-27-20-7-1-2-8-21(20)31-24)13-17-12-16-11-15-5-3-9-28-10-4-6-19(22(15)28)23(16)30-25(17)29/h1-2,7-8,11-13H,3-6,9-10H2. The van der Waals surface area contributed by atoms with Crippen LogP contribution in [-0.4, -0.2) is 18.1 Å². The molecule has 6 rings (SSSR count). The van der Waals surface area contributed by atoms with Crippen molar-refractivity contribution < 1.29 is 4.42 Å². The molecule has 0 N–H and O–H groups in total. The monoisotopic (exact) mass is 425 g/mol. The maximum Gasteiger partial charge on any atom is 0.343 e. The minimum atomic E-state index is -0.412. The molecule has 0 aliphatic carbocycles. The summed E-state index contributed by atoms with van der Waals surface area (Å²) in [5, 5.41) is 11.3. The van der Waals surface area contributed by atoms with Gasteiger partial charge in [-0.05, 0) is 61.6 Å². The van der Waals surface area contributed by atoms with Crippen molar-refractivity contribution in [1.82, 2.24) is 4.98 Å². The number of thiazole rings is 1. The summed E-state index contributed by atoms with van der Waals surface area (Å²) >= 11 is 1.45. The largest absolute Gasteiger partial charge is 0.422 e. The lowest BCUT2D eigenvalue weighted by Crippen LogP contribution is -2.34. The topological polar surface area (TPSA) is 70.1 Å². The van der Waals surface area contributed by atoms with Crippen LogP contribution in [0.1, 0.15) is 34.5 Å². The Morgan fingerprint density at radius 2 is 2.03 bits per heavy atom. The van der Waals surface area contributed by atoms with E-state index in [-0.39, 0.29) is 0 Å². The number of anilines is 1. The van der Waals surface area contributed by atoms with Crippen molar-refractivity contribution >= 4 is 49.9 Å². The summed E-state index contributed by atoms with van der Waals surface area (Å²) in [6.07, 6.45) is 5.82. The van der Waals surface area contributed by atoms with Gasteiger partial charge in [-0.15, -0.1) is 11.3 Å². The normalized spacial score (nSPS) is 15.8. The van der Waals surface area contributed by atoms with Crippen molar-refractivity contribution in [3.8, 4) is 6.07 Å². The zero-order valence-electron chi connectivity index (χ0n) is 16.9. The smallest absolute Gasteiger partial charge is 0.343 e. The van der Waals surface area contributed by atoms with Gasteiger partial charge in [-0.25, -0.2) is 9.78 Å². The van der Waals surface area contributed by atoms with Gasteiger partial charge in [-0.2, -0.15) is 5.26 Å². The molecule has 0 radical (unpaired) electrons. The summed E-state index contributed by atoms with van der Waals surface area (Å²) in [6.45, 7) is 2.15. The second-order valence-corrected chi connectivity index (χ2v) is 9.15. The number of hydrogen-bond donors (Lipinski definition) is 0. The molecule has 0 bridgehead atoms. The van der Waals surface area contributed by atoms with E-state index in [0.29, 0.717) is 21.7 Å². The Balaban J connectivity index is 1.51. The molecule has 2 aliphatic rings. The number of fused-ring (bicyclic) bond motifs is 3. The van der Waals surface area contributed by atoms with Crippen LogP contribution >= 0.6 is 11.3 Å². The number of allylic oxidation sites excluding steroid dienone is 1. The Morgan fingerprint density at radius 1 is 1.19 bits per heavy atom. The molecule has 2 aromatic carbocycles. The Labute approximate surface area is 182 Å². The fraction of sp³-hybridized carbons (Fsp3) is 0.240. The predicted octanol–water partition coefficient (Wildman–Crippen LogP) is 5.17. The van der Waals surface area contributed by atoms with Gasteiger partial charge in [0, 0.05) is 29.7 Å². The number of aryl methyl sites for hydroxylation is 2. The van der Waals surface area contributed by atoms with Gasteiger partial charge in [0.1, 0.15) is 16.7 Å². The van der Waals surface area contributed by atoms with Crippen LogP contribution in [0.5, 0.6) is 0 Å². The second kappa shape index (κ2) is 7.07. The van der Waals surface area contributed by atoms with E-state index < -0.39 is 5.63 Å². The van der Waals surface area contributed by atoms with E-state index in [1.807, 2.05) is 30.3 Å². The molecule has 0 saturated carbocycles. The van der Waals surface area contributed by atoms with Gasteiger partial charge in [0.15, 0.2) is 0 Å². The molecule has 0 atom stereocenters. The van der Waals surface area contributed by atoms with E-state index >= 15 is 0 Å². The van der Waals surface area contributed by atoms with Crippen LogP contribution in [0.4, 0.5) is 5.69 Å². The van der Waals surface area contributed by atoms with Gasteiger partial charge in [-0.3, -0.25) is 0 Å². The van der Waals surface area contributed by atoms with Crippen molar-refractivity contribution in [2.24, 2.45) is 0 Å². The Morgan fingerprint density at radius 3 is 2.87 bits per heavy atom. The highest BCUT2D eigenvalue weighted by Gasteiger charge is 2.27. The van der Waals surface area contributed by atoms with E-state index in [1.54, 1.807) is 6.08 Å².